The maximum Gasteiger partial charge on any atom is 0.255 e. The second-order valence-electron chi connectivity index (χ2n) is 5.33. The van der Waals surface area contributed by atoms with Crippen molar-refractivity contribution in [2.45, 2.75) is 32.9 Å². The van der Waals surface area contributed by atoms with E-state index in [-0.39, 0.29) is 11.9 Å². The Kier molecular flexibility index (Phi) is 5.72. The quantitative estimate of drug-likeness (QED) is 0.853. The normalized spacial score (nSPS) is 12.1. The van der Waals surface area contributed by atoms with Crippen molar-refractivity contribution in [3.05, 3.63) is 53.3 Å². The van der Waals surface area contributed by atoms with Gasteiger partial charge in [0.05, 0.1) is 30.6 Å². The molecule has 1 amide bonds. The third kappa shape index (κ3) is 3.95. The van der Waals surface area contributed by atoms with E-state index in [0.717, 1.165) is 12.1 Å². The van der Waals surface area contributed by atoms with Crippen molar-refractivity contribution in [2.75, 3.05) is 13.7 Å². The van der Waals surface area contributed by atoms with Gasteiger partial charge in [-0.3, -0.25) is 9.48 Å². The lowest BCUT2D eigenvalue weighted by Gasteiger charge is -2.13. The van der Waals surface area contributed by atoms with Gasteiger partial charge in [-0.25, -0.2) is 0 Å². The molecular formula is C17H23N3O2. The number of nitrogens with one attached hydrogen (secondary N) is 1. The lowest BCUT2D eigenvalue weighted by atomic mass is 10.1. The topological polar surface area (TPSA) is 56.1 Å². The maximum absolute atomic E-state index is 12.4. The summed E-state index contributed by atoms with van der Waals surface area (Å²) in [6.45, 7) is 5.12. The van der Waals surface area contributed by atoms with Crippen LogP contribution >= 0.6 is 0 Å². The Hall–Kier alpha value is -2.14. The number of carbonyl (C=O) groups excluding carboxylic acids is 1. The molecule has 0 spiro atoms. The summed E-state index contributed by atoms with van der Waals surface area (Å²) >= 11 is 0. The minimum Gasteiger partial charge on any atom is -0.383 e. The molecular weight excluding hydrogens is 278 g/mol. The van der Waals surface area contributed by atoms with Crippen LogP contribution in [0.5, 0.6) is 0 Å². The van der Waals surface area contributed by atoms with Gasteiger partial charge in [-0.1, -0.05) is 37.3 Å². The van der Waals surface area contributed by atoms with Crippen LogP contribution in [0.3, 0.4) is 0 Å². The largest absolute Gasteiger partial charge is 0.383 e. The molecule has 0 saturated carbocycles. The fourth-order valence-electron chi connectivity index (χ4n) is 2.46. The van der Waals surface area contributed by atoms with E-state index >= 15 is 0 Å². The zero-order chi connectivity index (χ0) is 15.9. The van der Waals surface area contributed by atoms with E-state index in [1.54, 1.807) is 13.3 Å². The molecule has 0 saturated heterocycles. The summed E-state index contributed by atoms with van der Waals surface area (Å²) in [5.74, 6) is -0.0966. The second-order valence-corrected chi connectivity index (χ2v) is 5.33. The zero-order valence-corrected chi connectivity index (χ0v) is 13.4. The Labute approximate surface area is 131 Å². The van der Waals surface area contributed by atoms with Crippen LogP contribution in [0.15, 0.2) is 36.5 Å². The van der Waals surface area contributed by atoms with Crippen LogP contribution in [-0.2, 0) is 17.7 Å². The predicted molar refractivity (Wildman–Crippen MR) is 86.0 cm³/mol. The minimum atomic E-state index is -0.0966. The Morgan fingerprint density at radius 2 is 2.09 bits per heavy atom. The molecule has 0 aliphatic carbocycles. The first-order valence-electron chi connectivity index (χ1n) is 7.54. The first-order chi connectivity index (χ1) is 10.7. The van der Waals surface area contributed by atoms with Gasteiger partial charge in [-0.2, -0.15) is 5.10 Å². The van der Waals surface area contributed by atoms with E-state index in [1.807, 2.05) is 36.7 Å². The third-order valence-electron chi connectivity index (χ3n) is 3.50. The molecule has 5 heteroatoms. The average molecular weight is 301 g/mol. The predicted octanol–water partition coefficient (Wildman–Crippen LogP) is 2.26. The molecule has 2 rings (SSSR count). The summed E-state index contributed by atoms with van der Waals surface area (Å²) in [7, 11) is 1.62. The Morgan fingerprint density at radius 1 is 1.36 bits per heavy atom. The zero-order valence-electron chi connectivity index (χ0n) is 13.4. The highest BCUT2D eigenvalue weighted by molar-refractivity contribution is 5.95. The Bertz CT molecular complexity index is 608. The molecule has 2 aromatic rings. The lowest BCUT2D eigenvalue weighted by Crippen LogP contribution is -2.36. The molecule has 0 aliphatic heterocycles. The number of carbonyl (C=O) groups is 1. The summed E-state index contributed by atoms with van der Waals surface area (Å²) in [6.07, 6.45) is 2.41. The van der Waals surface area contributed by atoms with E-state index in [0.29, 0.717) is 18.7 Å². The standard InChI is InChI=1S/C17H23N3O2/c1-4-16-15(17(21)19-13(2)12-22-3)10-18-20(16)11-14-8-6-5-7-9-14/h5-10,13H,4,11-12H2,1-3H3,(H,19,21). The van der Waals surface area contributed by atoms with Gasteiger partial charge < -0.3 is 10.1 Å². The number of nitrogens with zero attached hydrogens (tertiary/aromatic N) is 2. The molecule has 22 heavy (non-hydrogen) atoms. The molecule has 1 aromatic heterocycles. The highest BCUT2D eigenvalue weighted by Crippen LogP contribution is 2.12. The molecule has 0 bridgehead atoms. The molecule has 1 unspecified atom stereocenters. The van der Waals surface area contributed by atoms with E-state index in [2.05, 4.69) is 22.5 Å². The molecule has 118 valence electrons. The molecule has 1 N–H and O–H groups in total. The van der Waals surface area contributed by atoms with E-state index in [9.17, 15) is 4.79 Å². The first-order valence-corrected chi connectivity index (χ1v) is 7.54. The smallest absolute Gasteiger partial charge is 0.255 e. The van der Waals surface area contributed by atoms with E-state index in [4.69, 9.17) is 4.74 Å². The van der Waals surface area contributed by atoms with Gasteiger partial charge in [-0.05, 0) is 18.9 Å². The number of aromatic nitrogens is 2. The van der Waals surface area contributed by atoms with E-state index < -0.39 is 0 Å². The third-order valence-corrected chi connectivity index (χ3v) is 3.50. The van der Waals surface area contributed by atoms with Crippen LogP contribution in [0.25, 0.3) is 0 Å². The molecule has 5 nitrogen and oxygen atoms in total. The maximum atomic E-state index is 12.4. The molecule has 0 fully saturated rings. The summed E-state index contributed by atoms with van der Waals surface area (Å²) in [5.41, 5.74) is 2.76. The van der Waals surface area contributed by atoms with Gasteiger partial charge in [0.2, 0.25) is 0 Å². The van der Waals surface area contributed by atoms with Crippen molar-refractivity contribution in [1.29, 1.82) is 0 Å². The van der Waals surface area contributed by atoms with Crippen LogP contribution in [0, 0.1) is 0 Å². The number of amides is 1. The van der Waals surface area contributed by atoms with Crippen LogP contribution in [0.4, 0.5) is 0 Å². The summed E-state index contributed by atoms with van der Waals surface area (Å²) in [5, 5.41) is 7.31. The Morgan fingerprint density at radius 3 is 2.73 bits per heavy atom. The van der Waals surface area contributed by atoms with Gasteiger partial charge in [0.25, 0.3) is 5.91 Å². The van der Waals surface area contributed by atoms with Crippen molar-refractivity contribution >= 4 is 5.91 Å². The SMILES string of the molecule is CCc1c(C(=O)NC(C)COC)cnn1Cc1ccccc1. The van der Waals surface area contributed by atoms with Crippen molar-refractivity contribution in [1.82, 2.24) is 15.1 Å². The highest BCUT2D eigenvalue weighted by atomic mass is 16.5. The molecule has 0 aliphatic rings. The van der Waals surface area contributed by atoms with Gasteiger partial charge in [-0.15, -0.1) is 0 Å². The first kappa shape index (κ1) is 16.2. The van der Waals surface area contributed by atoms with Crippen molar-refractivity contribution < 1.29 is 9.53 Å². The highest BCUT2D eigenvalue weighted by Gasteiger charge is 2.17. The van der Waals surface area contributed by atoms with Gasteiger partial charge in [0, 0.05) is 13.2 Å². The minimum absolute atomic E-state index is 0.0281. The second kappa shape index (κ2) is 7.75. The molecule has 1 atom stereocenters. The number of hydrogen-bond donors (Lipinski definition) is 1. The van der Waals surface area contributed by atoms with Gasteiger partial charge >= 0.3 is 0 Å². The number of methoxy groups -OCH3 is 1. The van der Waals surface area contributed by atoms with Crippen molar-refractivity contribution in [3.63, 3.8) is 0 Å². The van der Waals surface area contributed by atoms with Gasteiger partial charge in [0.1, 0.15) is 0 Å². The van der Waals surface area contributed by atoms with Crippen LogP contribution in [-0.4, -0.2) is 35.4 Å². The fraction of sp³-hybridized carbons (Fsp3) is 0.412. The van der Waals surface area contributed by atoms with E-state index in [1.165, 1.54) is 5.56 Å². The lowest BCUT2D eigenvalue weighted by molar-refractivity contribution is 0.0904. The fourth-order valence-corrected chi connectivity index (χ4v) is 2.46. The Balaban J connectivity index is 2.15. The summed E-state index contributed by atoms with van der Waals surface area (Å²) in [4.78, 5) is 12.4. The molecule has 1 heterocycles. The van der Waals surface area contributed by atoms with Gasteiger partial charge in [0.15, 0.2) is 0 Å². The number of ether oxygens (including phenoxy) is 1. The number of hydrogen-bond acceptors (Lipinski definition) is 3. The number of rotatable bonds is 7. The van der Waals surface area contributed by atoms with Crippen LogP contribution in [0.2, 0.25) is 0 Å². The number of benzene rings is 1. The van der Waals surface area contributed by atoms with Crippen LogP contribution in [0.1, 0.15) is 35.5 Å². The molecule has 0 radical (unpaired) electrons. The van der Waals surface area contributed by atoms with Crippen LogP contribution < -0.4 is 5.32 Å². The monoisotopic (exact) mass is 301 g/mol. The summed E-state index contributed by atoms with van der Waals surface area (Å²) < 4.78 is 6.94. The molecule has 1 aromatic carbocycles. The summed E-state index contributed by atoms with van der Waals surface area (Å²) in [6, 6.07) is 10.1. The average Bonchev–Trinajstić information content (AvgIpc) is 2.91. The van der Waals surface area contributed by atoms with Crippen molar-refractivity contribution in [3.8, 4) is 0 Å². The van der Waals surface area contributed by atoms with Crippen molar-refractivity contribution in [2.24, 2.45) is 0 Å².